The second-order valence-electron chi connectivity index (χ2n) is 8.74. The maximum absolute atomic E-state index is 13.0. The number of anilines is 1. The Kier molecular flexibility index (Phi) is 9.78. The third-order valence-corrected chi connectivity index (χ3v) is 6.33. The van der Waals surface area contributed by atoms with Crippen molar-refractivity contribution in [1.29, 1.82) is 5.26 Å². The molecule has 0 heterocycles. The fourth-order valence-corrected chi connectivity index (χ4v) is 4.31. The van der Waals surface area contributed by atoms with Crippen LogP contribution in [0.1, 0.15) is 60.9 Å². The van der Waals surface area contributed by atoms with Gasteiger partial charge in [-0.2, -0.15) is 5.26 Å². The maximum Gasteiger partial charge on any atom is 0.251 e. The normalized spacial score (nSPS) is 14.5. The summed E-state index contributed by atoms with van der Waals surface area (Å²) < 4.78 is 5.16. The predicted octanol–water partition coefficient (Wildman–Crippen LogP) is 4.25. The van der Waals surface area contributed by atoms with Crippen molar-refractivity contribution in [2.24, 2.45) is 5.92 Å². The van der Waals surface area contributed by atoms with Crippen molar-refractivity contribution in [2.45, 2.75) is 51.0 Å². The molecule has 0 saturated heterocycles. The van der Waals surface area contributed by atoms with Gasteiger partial charge in [0.1, 0.15) is 11.8 Å². The second-order valence-corrected chi connectivity index (χ2v) is 8.74. The van der Waals surface area contributed by atoms with Gasteiger partial charge in [0, 0.05) is 24.3 Å². The van der Waals surface area contributed by atoms with Crippen LogP contribution in [0.2, 0.25) is 0 Å². The van der Waals surface area contributed by atoms with Crippen LogP contribution in [0.15, 0.2) is 48.5 Å². The minimum Gasteiger partial charge on any atom is -0.497 e. The average molecular weight is 463 g/mol. The molecule has 1 unspecified atom stereocenters. The molecule has 0 radical (unpaired) electrons. The Bertz CT molecular complexity index is 961. The van der Waals surface area contributed by atoms with Crippen molar-refractivity contribution in [3.8, 4) is 11.8 Å². The highest BCUT2D eigenvalue weighted by Gasteiger charge is 2.23. The molecule has 7 heteroatoms. The molecule has 1 saturated carbocycles. The van der Waals surface area contributed by atoms with Gasteiger partial charge in [-0.3, -0.25) is 9.59 Å². The van der Waals surface area contributed by atoms with Crippen molar-refractivity contribution in [2.75, 3.05) is 25.5 Å². The van der Waals surface area contributed by atoms with Gasteiger partial charge >= 0.3 is 0 Å². The van der Waals surface area contributed by atoms with Crippen LogP contribution < -0.4 is 20.7 Å². The first-order valence-electron chi connectivity index (χ1n) is 12.1. The van der Waals surface area contributed by atoms with Crippen molar-refractivity contribution in [3.05, 3.63) is 59.7 Å². The van der Waals surface area contributed by atoms with E-state index >= 15 is 0 Å². The van der Waals surface area contributed by atoms with Crippen LogP contribution in [0.3, 0.4) is 0 Å². The Morgan fingerprint density at radius 2 is 1.74 bits per heavy atom. The van der Waals surface area contributed by atoms with Gasteiger partial charge in [-0.15, -0.1) is 0 Å². The van der Waals surface area contributed by atoms with Crippen LogP contribution in [-0.4, -0.2) is 38.1 Å². The molecule has 0 aromatic heterocycles. The molecule has 0 spiro atoms. The van der Waals surface area contributed by atoms with E-state index in [-0.39, 0.29) is 11.8 Å². The lowest BCUT2D eigenvalue weighted by Gasteiger charge is -2.24. The first kappa shape index (κ1) is 25.1. The smallest absolute Gasteiger partial charge is 0.251 e. The van der Waals surface area contributed by atoms with Gasteiger partial charge in [-0.05, 0) is 67.3 Å². The number of nitrogens with zero attached hydrogens (tertiary/aromatic N) is 1. The fraction of sp³-hybridized carbons (Fsp3) is 0.444. The quantitative estimate of drug-likeness (QED) is 0.433. The SMILES string of the molecule is COc1ccc(NCCNC(=O)C(CCC2CCCCC2)NC(=O)c2ccc(C#N)cc2)cc1. The van der Waals surface area contributed by atoms with Gasteiger partial charge in [0.15, 0.2) is 0 Å². The average Bonchev–Trinajstić information content (AvgIpc) is 2.89. The summed E-state index contributed by atoms with van der Waals surface area (Å²) >= 11 is 0. The highest BCUT2D eigenvalue weighted by Crippen LogP contribution is 2.27. The molecular weight excluding hydrogens is 428 g/mol. The Morgan fingerprint density at radius 1 is 1.03 bits per heavy atom. The van der Waals surface area contributed by atoms with E-state index in [1.807, 2.05) is 30.3 Å². The number of methoxy groups -OCH3 is 1. The molecule has 0 aliphatic heterocycles. The first-order valence-corrected chi connectivity index (χ1v) is 12.1. The number of rotatable bonds is 11. The molecule has 1 aliphatic rings. The molecule has 1 aliphatic carbocycles. The van der Waals surface area contributed by atoms with Crippen molar-refractivity contribution in [3.63, 3.8) is 0 Å². The summed E-state index contributed by atoms with van der Waals surface area (Å²) in [6, 6.07) is 15.5. The van der Waals surface area contributed by atoms with Gasteiger partial charge in [0.2, 0.25) is 5.91 Å². The van der Waals surface area contributed by atoms with Crippen LogP contribution in [0.4, 0.5) is 5.69 Å². The Morgan fingerprint density at radius 3 is 2.38 bits per heavy atom. The lowest BCUT2D eigenvalue weighted by molar-refractivity contribution is -0.123. The molecule has 180 valence electrons. The maximum atomic E-state index is 13.0. The molecule has 3 N–H and O–H groups in total. The molecule has 2 amide bonds. The van der Waals surface area contributed by atoms with Crippen molar-refractivity contribution in [1.82, 2.24) is 10.6 Å². The van der Waals surface area contributed by atoms with Crippen LogP contribution in [0.5, 0.6) is 5.75 Å². The summed E-state index contributed by atoms with van der Waals surface area (Å²) in [7, 11) is 1.63. The minimum absolute atomic E-state index is 0.172. The number of nitrogens with one attached hydrogen (secondary N) is 3. The Hall–Kier alpha value is -3.53. The second kappa shape index (κ2) is 13.2. The largest absolute Gasteiger partial charge is 0.497 e. The summed E-state index contributed by atoms with van der Waals surface area (Å²) in [5, 5.41) is 18.1. The van der Waals surface area contributed by atoms with Gasteiger partial charge < -0.3 is 20.7 Å². The lowest BCUT2D eigenvalue weighted by Crippen LogP contribution is -2.47. The molecule has 7 nitrogen and oxygen atoms in total. The number of carbonyl (C=O) groups is 2. The van der Waals surface area contributed by atoms with Gasteiger partial charge in [-0.1, -0.05) is 32.1 Å². The van der Waals surface area contributed by atoms with Crippen LogP contribution in [0, 0.1) is 17.2 Å². The summed E-state index contributed by atoms with van der Waals surface area (Å²) in [6.07, 6.45) is 7.72. The number of benzene rings is 2. The van der Waals surface area contributed by atoms with E-state index < -0.39 is 6.04 Å². The van der Waals surface area contributed by atoms with E-state index in [1.54, 1.807) is 31.4 Å². The van der Waals surface area contributed by atoms with Crippen molar-refractivity contribution >= 4 is 17.5 Å². The molecule has 3 rings (SSSR count). The zero-order chi connectivity index (χ0) is 24.2. The molecule has 0 bridgehead atoms. The standard InChI is InChI=1S/C27H34N4O3/c1-34-24-14-12-23(13-15-24)29-17-18-30-27(33)25(16-9-20-5-3-2-4-6-20)31-26(32)22-10-7-21(19-28)8-11-22/h7-8,10-15,20,25,29H,2-6,9,16-18H2,1H3,(H,30,33)(H,31,32). The van der Waals surface area contributed by atoms with Crippen LogP contribution >= 0.6 is 0 Å². The number of hydrogen-bond donors (Lipinski definition) is 3. The molecular formula is C27H34N4O3. The van der Waals surface area contributed by atoms with E-state index in [2.05, 4.69) is 16.0 Å². The van der Waals surface area contributed by atoms with Crippen LogP contribution in [0.25, 0.3) is 0 Å². The topological polar surface area (TPSA) is 103 Å². The highest BCUT2D eigenvalue weighted by molar-refractivity contribution is 5.97. The Labute approximate surface area is 201 Å². The number of amides is 2. The lowest BCUT2D eigenvalue weighted by atomic mass is 9.85. The molecule has 2 aromatic rings. The van der Waals surface area contributed by atoms with Gasteiger partial charge in [0.05, 0.1) is 18.7 Å². The Balaban J connectivity index is 1.53. The summed E-state index contributed by atoms with van der Waals surface area (Å²) in [4.78, 5) is 25.7. The van der Waals surface area contributed by atoms with E-state index in [9.17, 15) is 9.59 Å². The molecule has 2 aromatic carbocycles. The van der Waals surface area contributed by atoms with Gasteiger partial charge in [0.25, 0.3) is 5.91 Å². The first-order chi connectivity index (χ1) is 16.6. The fourth-order valence-electron chi connectivity index (χ4n) is 4.31. The number of ether oxygens (including phenoxy) is 1. The molecule has 34 heavy (non-hydrogen) atoms. The third kappa shape index (κ3) is 7.80. The summed E-state index contributed by atoms with van der Waals surface area (Å²) in [5.41, 5.74) is 1.88. The third-order valence-electron chi connectivity index (χ3n) is 6.33. The monoisotopic (exact) mass is 462 g/mol. The number of nitriles is 1. The summed E-state index contributed by atoms with van der Waals surface area (Å²) in [6.45, 7) is 1.01. The van der Waals surface area contributed by atoms with E-state index in [0.29, 0.717) is 36.6 Å². The minimum atomic E-state index is -0.592. The zero-order valence-electron chi connectivity index (χ0n) is 19.8. The van der Waals surface area contributed by atoms with Crippen LogP contribution in [-0.2, 0) is 4.79 Å². The molecule has 1 atom stereocenters. The predicted molar refractivity (Wildman–Crippen MR) is 133 cm³/mol. The van der Waals surface area contributed by atoms with Crippen molar-refractivity contribution < 1.29 is 14.3 Å². The number of carbonyl (C=O) groups excluding carboxylic acids is 2. The zero-order valence-corrected chi connectivity index (χ0v) is 19.8. The summed E-state index contributed by atoms with van der Waals surface area (Å²) in [5.74, 6) is 0.934. The van der Waals surface area contributed by atoms with Gasteiger partial charge in [-0.25, -0.2) is 0 Å². The van der Waals surface area contributed by atoms with E-state index in [4.69, 9.17) is 10.00 Å². The highest BCUT2D eigenvalue weighted by atomic mass is 16.5. The molecule has 1 fully saturated rings. The number of hydrogen-bond acceptors (Lipinski definition) is 5. The van der Waals surface area contributed by atoms with E-state index in [0.717, 1.165) is 17.9 Å². The van der Waals surface area contributed by atoms with E-state index in [1.165, 1.54) is 32.1 Å².